The van der Waals surface area contributed by atoms with Gasteiger partial charge in [0.2, 0.25) is 0 Å². The molecular formula is C17H16BrN3. The van der Waals surface area contributed by atoms with Gasteiger partial charge in [0.1, 0.15) is 0 Å². The molecule has 0 atom stereocenters. The molecule has 106 valence electrons. The fourth-order valence-corrected chi connectivity index (χ4v) is 2.88. The van der Waals surface area contributed by atoms with Gasteiger partial charge in [-0.25, -0.2) is 4.98 Å². The van der Waals surface area contributed by atoms with Crippen molar-refractivity contribution in [3.63, 3.8) is 0 Å². The molecule has 0 radical (unpaired) electrons. The zero-order chi connectivity index (χ0) is 14.7. The Balaban J connectivity index is 2.07. The van der Waals surface area contributed by atoms with Gasteiger partial charge in [-0.3, -0.25) is 4.57 Å². The van der Waals surface area contributed by atoms with Crippen molar-refractivity contribution in [3.05, 3.63) is 71.1 Å². The molecule has 0 saturated carbocycles. The predicted octanol–water partition coefficient (Wildman–Crippen LogP) is 4.02. The van der Waals surface area contributed by atoms with Crippen molar-refractivity contribution in [3.8, 4) is 16.9 Å². The maximum absolute atomic E-state index is 4.32. The Morgan fingerprint density at radius 2 is 2.00 bits per heavy atom. The number of rotatable bonds is 4. The minimum Gasteiger partial charge on any atom is -0.316 e. The smallest absolute Gasteiger partial charge is 0.0997 e. The van der Waals surface area contributed by atoms with Crippen molar-refractivity contribution in [1.29, 1.82) is 0 Å². The lowest BCUT2D eigenvalue weighted by atomic mass is 10.1. The van der Waals surface area contributed by atoms with Gasteiger partial charge in [0.25, 0.3) is 0 Å². The van der Waals surface area contributed by atoms with Gasteiger partial charge in [-0.15, -0.1) is 0 Å². The third-order valence-electron chi connectivity index (χ3n) is 3.36. The second-order valence-electron chi connectivity index (χ2n) is 4.83. The molecule has 0 amide bonds. The Kier molecular flexibility index (Phi) is 4.18. The lowest BCUT2D eigenvalue weighted by Gasteiger charge is -2.11. The van der Waals surface area contributed by atoms with Crippen LogP contribution in [0.25, 0.3) is 16.9 Å². The van der Waals surface area contributed by atoms with E-state index in [0.717, 1.165) is 28.0 Å². The number of benzene rings is 2. The highest BCUT2D eigenvalue weighted by atomic mass is 79.9. The summed E-state index contributed by atoms with van der Waals surface area (Å²) in [4.78, 5) is 4.32. The zero-order valence-electron chi connectivity index (χ0n) is 11.8. The molecule has 0 saturated heterocycles. The highest BCUT2D eigenvalue weighted by Gasteiger charge is 2.09. The van der Waals surface area contributed by atoms with Crippen LogP contribution >= 0.6 is 15.9 Å². The Hall–Kier alpha value is -1.91. The van der Waals surface area contributed by atoms with E-state index in [-0.39, 0.29) is 0 Å². The number of imidazole rings is 1. The molecule has 0 aliphatic heterocycles. The first-order valence-corrected chi connectivity index (χ1v) is 7.60. The summed E-state index contributed by atoms with van der Waals surface area (Å²) in [7, 11) is 1.95. The molecular weight excluding hydrogens is 326 g/mol. The highest BCUT2D eigenvalue weighted by Crippen LogP contribution is 2.29. The van der Waals surface area contributed by atoms with E-state index in [2.05, 4.69) is 61.1 Å². The van der Waals surface area contributed by atoms with Gasteiger partial charge >= 0.3 is 0 Å². The van der Waals surface area contributed by atoms with E-state index < -0.39 is 0 Å². The lowest BCUT2D eigenvalue weighted by Crippen LogP contribution is -2.05. The van der Waals surface area contributed by atoms with Crippen molar-refractivity contribution in [2.24, 2.45) is 0 Å². The first-order chi connectivity index (χ1) is 10.3. The average Bonchev–Trinajstić information content (AvgIpc) is 2.98. The predicted molar refractivity (Wildman–Crippen MR) is 89.5 cm³/mol. The number of nitrogens with zero attached hydrogens (tertiary/aromatic N) is 2. The van der Waals surface area contributed by atoms with Crippen LogP contribution in [-0.2, 0) is 6.54 Å². The number of hydrogen-bond donors (Lipinski definition) is 1. The summed E-state index contributed by atoms with van der Waals surface area (Å²) in [6.45, 7) is 0.854. The number of aromatic nitrogens is 2. The van der Waals surface area contributed by atoms with Gasteiger partial charge in [-0.05, 0) is 30.8 Å². The highest BCUT2D eigenvalue weighted by molar-refractivity contribution is 9.10. The summed E-state index contributed by atoms with van der Waals surface area (Å²) in [6.07, 6.45) is 3.75. The molecule has 0 spiro atoms. The fourth-order valence-electron chi connectivity index (χ4n) is 2.39. The van der Waals surface area contributed by atoms with Gasteiger partial charge in [0.15, 0.2) is 0 Å². The van der Waals surface area contributed by atoms with Crippen LogP contribution in [-0.4, -0.2) is 16.6 Å². The van der Waals surface area contributed by atoms with Crippen LogP contribution in [0.2, 0.25) is 0 Å². The van der Waals surface area contributed by atoms with Gasteiger partial charge in [-0.2, -0.15) is 0 Å². The Bertz CT molecular complexity index is 749. The van der Waals surface area contributed by atoms with Crippen LogP contribution in [0.3, 0.4) is 0 Å². The van der Waals surface area contributed by atoms with Crippen molar-refractivity contribution >= 4 is 15.9 Å². The van der Waals surface area contributed by atoms with Gasteiger partial charge in [0.05, 0.1) is 18.2 Å². The summed E-state index contributed by atoms with van der Waals surface area (Å²) in [5.41, 5.74) is 4.57. The second-order valence-corrected chi connectivity index (χ2v) is 5.68. The molecule has 0 unspecified atom stereocenters. The van der Waals surface area contributed by atoms with E-state index in [1.165, 1.54) is 5.56 Å². The molecule has 1 aromatic heterocycles. The van der Waals surface area contributed by atoms with Crippen LogP contribution in [0.4, 0.5) is 0 Å². The molecule has 0 aliphatic carbocycles. The summed E-state index contributed by atoms with van der Waals surface area (Å²) in [5, 5.41) is 3.18. The standard InChI is InChI=1S/C17H16BrN3/c1-19-10-13-5-4-6-14(9-13)21-12-20-11-17(21)15-7-2-3-8-16(15)18/h2-9,11-12,19H,10H2,1H3. The number of halogens is 1. The van der Waals surface area contributed by atoms with Crippen LogP contribution < -0.4 is 5.32 Å². The monoisotopic (exact) mass is 341 g/mol. The summed E-state index contributed by atoms with van der Waals surface area (Å²) >= 11 is 3.61. The topological polar surface area (TPSA) is 29.9 Å². The van der Waals surface area contributed by atoms with Crippen LogP contribution in [0.15, 0.2) is 65.5 Å². The van der Waals surface area contributed by atoms with Gasteiger partial charge in [-0.1, -0.05) is 46.3 Å². The SMILES string of the molecule is CNCc1cccc(-n2cncc2-c2ccccc2Br)c1. The Morgan fingerprint density at radius 3 is 2.81 bits per heavy atom. The summed E-state index contributed by atoms with van der Waals surface area (Å²) in [6, 6.07) is 16.7. The Labute approximate surface area is 132 Å². The fraction of sp³-hybridized carbons (Fsp3) is 0.118. The van der Waals surface area contributed by atoms with Crippen molar-refractivity contribution in [2.45, 2.75) is 6.54 Å². The first kappa shape index (κ1) is 14.0. The quantitative estimate of drug-likeness (QED) is 0.776. The van der Waals surface area contributed by atoms with E-state index in [1.54, 1.807) is 0 Å². The van der Waals surface area contributed by atoms with Crippen LogP contribution in [0.5, 0.6) is 0 Å². The van der Waals surface area contributed by atoms with E-state index in [9.17, 15) is 0 Å². The van der Waals surface area contributed by atoms with Crippen molar-refractivity contribution < 1.29 is 0 Å². The van der Waals surface area contributed by atoms with E-state index in [1.807, 2.05) is 37.8 Å². The van der Waals surface area contributed by atoms with Gasteiger partial charge in [0, 0.05) is 22.3 Å². The number of nitrogens with one attached hydrogen (secondary N) is 1. The molecule has 3 aromatic rings. The second kappa shape index (κ2) is 6.24. The average molecular weight is 342 g/mol. The molecule has 3 rings (SSSR count). The molecule has 4 heteroatoms. The largest absolute Gasteiger partial charge is 0.316 e. The summed E-state index contributed by atoms with van der Waals surface area (Å²) in [5.74, 6) is 0. The minimum absolute atomic E-state index is 0.854. The van der Waals surface area contributed by atoms with E-state index >= 15 is 0 Å². The van der Waals surface area contributed by atoms with Crippen molar-refractivity contribution in [1.82, 2.24) is 14.9 Å². The Morgan fingerprint density at radius 1 is 1.14 bits per heavy atom. The van der Waals surface area contributed by atoms with Gasteiger partial charge < -0.3 is 5.32 Å². The first-order valence-electron chi connectivity index (χ1n) is 6.81. The molecule has 0 fully saturated rings. The normalized spacial score (nSPS) is 10.8. The number of hydrogen-bond acceptors (Lipinski definition) is 2. The third-order valence-corrected chi connectivity index (χ3v) is 4.05. The maximum atomic E-state index is 4.32. The molecule has 3 nitrogen and oxygen atoms in total. The van der Waals surface area contributed by atoms with Crippen molar-refractivity contribution in [2.75, 3.05) is 7.05 Å². The third kappa shape index (κ3) is 2.91. The molecule has 0 bridgehead atoms. The molecule has 21 heavy (non-hydrogen) atoms. The van der Waals surface area contributed by atoms with Crippen LogP contribution in [0.1, 0.15) is 5.56 Å². The minimum atomic E-state index is 0.854. The van der Waals surface area contributed by atoms with Crippen LogP contribution in [0, 0.1) is 0 Å². The maximum Gasteiger partial charge on any atom is 0.0997 e. The lowest BCUT2D eigenvalue weighted by molar-refractivity contribution is 0.816. The zero-order valence-corrected chi connectivity index (χ0v) is 13.3. The van der Waals surface area contributed by atoms with E-state index in [4.69, 9.17) is 0 Å². The molecule has 2 aromatic carbocycles. The van der Waals surface area contributed by atoms with E-state index in [0.29, 0.717) is 0 Å². The molecule has 0 aliphatic rings. The molecule has 1 N–H and O–H groups in total. The molecule has 1 heterocycles. The summed E-state index contributed by atoms with van der Waals surface area (Å²) < 4.78 is 3.18.